The van der Waals surface area contributed by atoms with Gasteiger partial charge in [-0.25, -0.2) is 19.3 Å². The summed E-state index contributed by atoms with van der Waals surface area (Å²) in [5.74, 6) is -0.558. The summed E-state index contributed by atoms with van der Waals surface area (Å²) >= 11 is 0. The molecule has 1 fully saturated rings. The Kier molecular flexibility index (Phi) is 3.83. The number of carbonyl (C=O) groups is 3. The van der Waals surface area contributed by atoms with Crippen LogP contribution in [-0.4, -0.2) is 60.2 Å². The number of rotatable bonds is 1. The van der Waals surface area contributed by atoms with E-state index < -0.39 is 29.7 Å². The average molecular weight is 258 g/mol. The van der Waals surface area contributed by atoms with Crippen molar-refractivity contribution < 1.29 is 23.9 Å². The van der Waals surface area contributed by atoms with Crippen LogP contribution >= 0.6 is 0 Å². The molecule has 0 unspecified atom stereocenters. The fourth-order valence-electron chi connectivity index (χ4n) is 1.54. The fourth-order valence-corrected chi connectivity index (χ4v) is 1.54. The van der Waals surface area contributed by atoms with Gasteiger partial charge in [0.25, 0.3) is 0 Å². The van der Waals surface area contributed by atoms with Gasteiger partial charge in [0.05, 0.1) is 13.7 Å². The molecule has 0 aromatic carbocycles. The van der Waals surface area contributed by atoms with Crippen molar-refractivity contribution in [3.05, 3.63) is 0 Å². The minimum absolute atomic E-state index is 0.0586. The lowest BCUT2D eigenvalue weighted by Crippen LogP contribution is -2.39. The molecule has 3 amide bonds. The first-order valence-corrected chi connectivity index (χ1v) is 5.52. The Morgan fingerprint density at radius 1 is 1.33 bits per heavy atom. The Balaban J connectivity index is 2.78. The molecule has 1 rings (SSSR count). The molecule has 0 aromatic rings. The maximum absolute atomic E-state index is 11.8. The molecule has 1 saturated heterocycles. The first-order valence-electron chi connectivity index (χ1n) is 5.52. The lowest BCUT2D eigenvalue weighted by molar-refractivity contribution is -0.144. The molecule has 1 aliphatic rings. The van der Waals surface area contributed by atoms with Gasteiger partial charge >= 0.3 is 18.1 Å². The number of nitrogens with zero attached hydrogens (tertiary/aromatic N) is 2. The predicted octanol–water partition coefficient (Wildman–Crippen LogP) is 0.830. The quantitative estimate of drug-likeness (QED) is 0.651. The van der Waals surface area contributed by atoms with E-state index in [1.807, 2.05) is 0 Å². The van der Waals surface area contributed by atoms with E-state index >= 15 is 0 Å². The molecular formula is C11H18N2O5. The molecule has 102 valence electrons. The van der Waals surface area contributed by atoms with Gasteiger partial charge in [0, 0.05) is 7.05 Å². The van der Waals surface area contributed by atoms with Crippen molar-refractivity contribution in [2.45, 2.75) is 32.4 Å². The normalized spacial score (nSPS) is 20.1. The zero-order valence-corrected chi connectivity index (χ0v) is 11.2. The van der Waals surface area contributed by atoms with E-state index in [1.54, 1.807) is 20.8 Å². The van der Waals surface area contributed by atoms with E-state index in [0.29, 0.717) is 0 Å². The van der Waals surface area contributed by atoms with Crippen LogP contribution in [0.3, 0.4) is 0 Å². The molecule has 0 bridgehead atoms. The summed E-state index contributed by atoms with van der Waals surface area (Å²) in [4.78, 5) is 37.1. The van der Waals surface area contributed by atoms with Gasteiger partial charge in [-0.15, -0.1) is 0 Å². The second kappa shape index (κ2) is 4.83. The highest BCUT2D eigenvalue weighted by atomic mass is 16.6. The maximum Gasteiger partial charge on any atom is 0.418 e. The van der Waals surface area contributed by atoms with Gasteiger partial charge in [-0.05, 0) is 20.8 Å². The number of hydrogen-bond donors (Lipinski definition) is 0. The molecule has 18 heavy (non-hydrogen) atoms. The molecule has 0 aromatic heterocycles. The van der Waals surface area contributed by atoms with E-state index in [-0.39, 0.29) is 6.54 Å². The zero-order valence-electron chi connectivity index (χ0n) is 11.2. The van der Waals surface area contributed by atoms with Crippen molar-refractivity contribution in [1.29, 1.82) is 0 Å². The second-order valence-electron chi connectivity index (χ2n) is 5.02. The summed E-state index contributed by atoms with van der Waals surface area (Å²) in [7, 11) is 2.67. The maximum atomic E-state index is 11.8. The molecule has 1 aliphatic heterocycles. The first-order chi connectivity index (χ1) is 8.17. The summed E-state index contributed by atoms with van der Waals surface area (Å²) in [5, 5.41) is 0. The summed E-state index contributed by atoms with van der Waals surface area (Å²) in [6.07, 6.45) is -0.759. The van der Waals surface area contributed by atoms with Crippen molar-refractivity contribution in [3.63, 3.8) is 0 Å². The monoisotopic (exact) mass is 258 g/mol. The lowest BCUT2D eigenvalue weighted by Gasteiger charge is -2.22. The van der Waals surface area contributed by atoms with Crippen molar-refractivity contribution >= 4 is 18.1 Å². The van der Waals surface area contributed by atoms with Crippen LogP contribution in [0.1, 0.15) is 20.8 Å². The summed E-state index contributed by atoms with van der Waals surface area (Å²) in [5.41, 5.74) is -0.695. The Labute approximate surface area is 106 Å². The number of imide groups is 1. The predicted molar refractivity (Wildman–Crippen MR) is 61.9 cm³/mol. The average Bonchev–Trinajstić information content (AvgIpc) is 2.53. The van der Waals surface area contributed by atoms with Crippen LogP contribution in [0.15, 0.2) is 0 Å². The van der Waals surface area contributed by atoms with Crippen LogP contribution in [0.2, 0.25) is 0 Å². The highest BCUT2D eigenvalue weighted by molar-refractivity contribution is 5.96. The zero-order chi connectivity index (χ0) is 14.1. The second-order valence-corrected chi connectivity index (χ2v) is 5.02. The third kappa shape index (κ3) is 2.91. The third-order valence-electron chi connectivity index (χ3n) is 2.44. The van der Waals surface area contributed by atoms with Crippen molar-refractivity contribution in [2.75, 3.05) is 20.7 Å². The fraction of sp³-hybridized carbons (Fsp3) is 0.727. The van der Waals surface area contributed by atoms with Gasteiger partial charge in [-0.2, -0.15) is 0 Å². The van der Waals surface area contributed by atoms with E-state index in [2.05, 4.69) is 4.74 Å². The minimum atomic E-state index is -0.782. The van der Waals surface area contributed by atoms with Gasteiger partial charge in [0.15, 0.2) is 0 Å². The molecule has 0 radical (unpaired) electrons. The molecule has 1 atom stereocenters. The summed E-state index contributed by atoms with van der Waals surface area (Å²) < 4.78 is 9.66. The van der Waals surface area contributed by atoms with Crippen LogP contribution in [0, 0.1) is 0 Å². The van der Waals surface area contributed by atoms with Crippen molar-refractivity contribution in [3.8, 4) is 0 Å². The SMILES string of the molecule is COC(=O)[C@@H]1CN(C(=O)OC(C)(C)C)C(=O)N1C. The van der Waals surface area contributed by atoms with Crippen LogP contribution < -0.4 is 0 Å². The van der Waals surface area contributed by atoms with Gasteiger partial charge < -0.3 is 14.4 Å². The number of urea groups is 1. The number of likely N-dealkylation sites (N-methyl/N-ethyl adjacent to an activating group) is 1. The topological polar surface area (TPSA) is 76.1 Å². The molecule has 7 nitrogen and oxygen atoms in total. The molecule has 0 N–H and O–H groups in total. The Hall–Kier alpha value is -1.79. The largest absolute Gasteiger partial charge is 0.467 e. The molecular weight excluding hydrogens is 240 g/mol. The number of methoxy groups -OCH3 is 1. The van der Waals surface area contributed by atoms with Gasteiger partial charge in [-0.1, -0.05) is 0 Å². The van der Waals surface area contributed by atoms with E-state index in [1.165, 1.54) is 14.2 Å². The molecule has 7 heteroatoms. The van der Waals surface area contributed by atoms with Gasteiger partial charge in [-0.3, -0.25) is 0 Å². The molecule has 0 aliphatic carbocycles. The Morgan fingerprint density at radius 3 is 2.33 bits per heavy atom. The smallest absolute Gasteiger partial charge is 0.418 e. The van der Waals surface area contributed by atoms with E-state index in [4.69, 9.17) is 4.74 Å². The number of ether oxygens (including phenoxy) is 2. The summed E-state index contributed by atoms with van der Waals surface area (Å²) in [6, 6.07) is -1.35. The molecule has 0 saturated carbocycles. The number of esters is 1. The lowest BCUT2D eigenvalue weighted by atomic mass is 10.2. The first kappa shape index (κ1) is 14.3. The molecule has 1 heterocycles. The van der Waals surface area contributed by atoms with E-state index in [0.717, 1.165) is 9.80 Å². The number of amides is 3. The van der Waals surface area contributed by atoms with Crippen LogP contribution in [0.4, 0.5) is 9.59 Å². The Morgan fingerprint density at radius 2 is 1.89 bits per heavy atom. The van der Waals surface area contributed by atoms with Crippen LogP contribution in [0.25, 0.3) is 0 Å². The minimum Gasteiger partial charge on any atom is -0.467 e. The molecule has 0 spiro atoms. The standard InChI is InChI=1S/C11H18N2O5/c1-11(2,3)18-10(16)13-6-7(8(14)17-5)12(4)9(13)15/h7H,6H2,1-5H3/t7-/m0/s1. The van der Waals surface area contributed by atoms with Crippen molar-refractivity contribution in [1.82, 2.24) is 9.80 Å². The van der Waals surface area contributed by atoms with Gasteiger partial charge in [0.2, 0.25) is 0 Å². The summed E-state index contributed by atoms with van der Waals surface area (Å²) in [6.45, 7) is 5.05. The Bertz CT molecular complexity index is 374. The third-order valence-corrected chi connectivity index (χ3v) is 2.44. The highest BCUT2D eigenvalue weighted by Crippen LogP contribution is 2.18. The van der Waals surface area contributed by atoms with Crippen molar-refractivity contribution in [2.24, 2.45) is 0 Å². The highest BCUT2D eigenvalue weighted by Gasteiger charge is 2.44. The van der Waals surface area contributed by atoms with Gasteiger partial charge in [0.1, 0.15) is 11.6 Å². The van der Waals surface area contributed by atoms with E-state index in [9.17, 15) is 14.4 Å². The number of carbonyl (C=O) groups excluding carboxylic acids is 3. The van der Waals surface area contributed by atoms with Crippen LogP contribution in [0.5, 0.6) is 0 Å². The van der Waals surface area contributed by atoms with Crippen LogP contribution in [-0.2, 0) is 14.3 Å². The number of hydrogen-bond acceptors (Lipinski definition) is 5.